The van der Waals surface area contributed by atoms with Crippen molar-refractivity contribution in [1.29, 1.82) is 0 Å². The summed E-state index contributed by atoms with van der Waals surface area (Å²) in [6, 6.07) is 0. The van der Waals surface area contributed by atoms with E-state index in [0.717, 1.165) is 35.8 Å². The van der Waals surface area contributed by atoms with E-state index in [-0.39, 0.29) is 0 Å². The van der Waals surface area contributed by atoms with Crippen molar-refractivity contribution in [3.05, 3.63) is 17.8 Å². The van der Waals surface area contributed by atoms with E-state index in [4.69, 9.17) is 10.2 Å². The zero-order chi connectivity index (χ0) is 12.2. The second-order valence-corrected chi connectivity index (χ2v) is 7.02. The fraction of sp³-hybridized carbons (Fsp3) is 0.800. The van der Waals surface area contributed by atoms with Crippen LogP contribution in [0.4, 0.5) is 0 Å². The van der Waals surface area contributed by atoms with Gasteiger partial charge in [0.05, 0.1) is 12.7 Å². The smallest absolute Gasteiger partial charge is 0.194 e. The molecule has 4 fully saturated rings. The maximum Gasteiger partial charge on any atom is 0.194 e. The largest absolute Gasteiger partial charge is 0.444 e. The van der Waals surface area contributed by atoms with Gasteiger partial charge in [0.2, 0.25) is 0 Å². The van der Waals surface area contributed by atoms with Crippen LogP contribution in [0.1, 0.15) is 50.2 Å². The average Bonchev–Trinajstić information content (AvgIpc) is 2.74. The lowest BCUT2D eigenvalue weighted by Crippen LogP contribution is -2.47. The Morgan fingerprint density at radius 2 is 1.78 bits per heavy atom. The van der Waals surface area contributed by atoms with Crippen molar-refractivity contribution in [2.75, 3.05) is 0 Å². The lowest BCUT2D eigenvalue weighted by atomic mass is 9.49. The molecule has 1 aromatic heterocycles. The van der Waals surface area contributed by atoms with Crippen LogP contribution in [-0.4, -0.2) is 4.98 Å². The summed E-state index contributed by atoms with van der Waals surface area (Å²) >= 11 is 0. The van der Waals surface area contributed by atoms with E-state index in [9.17, 15) is 0 Å². The summed E-state index contributed by atoms with van der Waals surface area (Å²) in [7, 11) is 0. The van der Waals surface area contributed by atoms with E-state index in [0.29, 0.717) is 12.0 Å². The predicted molar refractivity (Wildman–Crippen MR) is 68.7 cm³/mol. The first-order valence-electron chi connectivity index (χ1n) is 7.38. The Hall–Kier alpha value is -0.830. The van der Waals surface area contributed by atoms with Crippen LogP contribution in [0.3, 0.4) is 0 Å². The number of nitrogens with zero attached hydrogens (tertiary/aromatic N) is 1. The van der Waals surface area contributed by atoms with Crippen LogP contribution in [0.15, 0.2) is 10.6 Å². The Kier molecular flexibility index (Phi) is 2.35. The molecule has 0 spiro atoms. The Bertz CT molecular complexity index is 416. The number of rotatable bonds is 3. The lowest BCUT2D eigenvalue weighted by molar-refractivity contribution is -0.0551. The minimum atomic E-state index is 0.466. The van der Waals surface area contributed by atoms with Gasteiger partial charge in [-0.15, -0.1) is 0 Å². The molecule has 3 nitrogen and oxygen atoms in total. The quantitative estimate of drug-likeness (QED) is 0.892. The minimum absolute atomic E-state index is 0.466. The van der Waals surface area contributed by atoms with Crippen molar-refractivity contribution in [1.82, 2.24) is 4.98 Å². The van der Waals surface area contributed by atoms with Gasteiger partial charge < -0.3 is 10.2 Å². The Morgan fingerprint density at radius 1 is 1.17 bits per heavy atom. The standard InChI is InChI=1S/C15H22N2O/c16-8-13-9-17-14(18-13)7-15-4-10-1-11(5-15)3-12(2-10)6-15/h9-12H,1-8,16H2. The van der Waals surface area contributed by atoms with Gasteiger partial charge in [0.25, 0.3) is 0 Å². The number of hydrogen-bond acceptors (Lipinski definition) is 3. The van der Waals surface area contributed by atoms with Crippen molar-refractivity contribution < 1.29 is 4.42 Å². The second kappa shape index (κ2) is 3.83. The molecular formula is C15H22N2O. The molecule has 0 aromatic carbocycles. The molecule has 4 aliphatic rings. The zero-order valence-electron chi connectivity index (χ0n) is 10.9. The van der Waals surface area contributed by atoms with Crippen molar-refractivity contribution in [3.63, 3.8) is 0 Å². The number of aromatic nitrogens is 1. The molecule has 18 heavy (non-hydrogen) atoms. The molecule has 2 N–H and O–H groups in total. The molecular weight excluding hydrogens is 224 g/mol. The molecule has 1 aromatic rings. The van der Waals surface area contributed by atoms with Crippen LogP contribution in [0.2, 0.25) is 0 Å². The van der Waals surface area contributed by atoms with Gasteiger partial charge in [0.1, 0.15) is 5.76 Å². The first-order chi connectivity index (χ1) is 8.75. The molecule has 0 saturated heterocycles. The molecule has 98 valence electrons. The topological polar surface area (TPSA) is 52.0 Å². The van der Waals surface area contributed by atoms with Crippen LogP contribution < -0.4 is 5.73 Å². The highest BCUT2D eigenvalue weighted by Gasteiger charge is 2.51. The maximum atomic E-state index is 5.74. The molecule has 0 radical (unpaired) electrons. The van der Waals surface area contributed by atoms with E-state index in [1.165, 1.54) is 38.5 Å². The molecule has 4 bridgehead atoms. The third-order valence-electron chi connectivity index (χ3n) is 5.49. The van der Waals surface area contributed by atoms with Gasteiger partial charge in [-0.05, 0) is 61.7 Å². The number of hydrogen-bond donors (Lipinski definition) is 1. The molecule has 0 unspecified atom stereocenters. The summed E-state index contributed by atoms with van der Waals surface area (Å²) in [4.78, 5) is 4.42. The molecule has 4 saturated carbocycles. The molecule has 1 heterocycles. The van der Waals surface area contributed by atoms with Crippen molar-refractivity contribution in [2.45, 2.75) is 51.5 Å². The highest BCUT2D eigenvalue weighted by Crippen LogP contribution is 2.60. The summed E-state index contributed by atoms with van der Waals surface area (Å²) in [5.41, 5.74) is 6.11. The number of oxazole rings is 1. The highest BCUT2D eigenvalue weighted by molar-refractivity contribution is 5.05. The fourth-order valence-electron chi connectivity index (χ4n) is 5.35. The van der Waals surface area contributed by atoms with Crippen LogP contribution in [-0.2, 0) is 13.0 Å². The zero-order valence-corrected chi connectivity index (χ0v) is 10.9. The number of nitrogens with two attached hydrogens (primary N) is 1. The minimum Gasteiger partial charge on any atom is -0.444 e. The van der Waals surface area contributed by atoms with Crippen molar-refractivity contribution in [3.8, 4) is 0 Å². The monoisotopic (exact) mass is 246 g/mol. The van der Waals surface area contributed by atoms with Crippen molar-refractivity contribution in [2.24, 2.45) is 28.9 Å². The molecule has 0 aliphatic heterocycles. The third kappa shape index (κ3) is 1.71. The van der Waals surface area contributed by atoms with Crippen LogP contribution >= 0.6 is 0 Å². The third-order valence-corrected chi connectivity index (χ3v) is 5.49. The SMILES string of the molecule is NCc1cnc(CC23CC4CC(CC(C4)C2)C3)o1. The van der Waals surface area contributed by atoms with E-state index in [2.05, 4.69) is 4.98 Å². The molecule has 3 heteroatoms. The van der Waals surface area contributed by atoms with Gasteiger partial charge in [-0.25, -0.2) is 4.98 Å². The predicted octanol–water partition coefficient (Wildman–Crippen LogP) is 2.89. The van der Waals surface area contributed by atoms with Gasteiger partial charge >= 0.3 is 0 Å². The van der Waals surface area contributed by atoms with E-state index < -0.39 is 0 Å². The van der Waals surface area contributed by atoms with Gasteiger partial charge in [0.15, 0.2) is 5.89 Å². The fourth-order valence-corrected chi connectivity index (χ4v) is 5.35. The van der Waals surface area contributed by atoms with Crippen LogP contribution in [0.5, 0.6) is 0 Å². The maximum absolute atomic E-state index is 5.74. The Labute approximate surface area is 108 Å². The summed E-state index contributed by atoms with van der Waals surface area (Å²) in [6.07, 6.45) is 11.6. The first-order valence-corrected chi connectivity index (χ1v) is 7.38. The van der Waals surface area contributed by atoms with Crippen molar-refractivity contribution >= 4 is 0 Å². The summed E-state index contributed by atoms with van der Waals surface area (Å²) in [5, 5.41) is 0. The second-order valence-electron chi connectivity index (χ2n) is 7.02. The van der Waals surface area contributed by atoms with Gasteiger partial charge in [-0.3, -0.25) is 0 Å². The van der Waals surface area contributed by atoms with Gasteiger partial charge in [-0.2, -0.15) is 0 Å². The molecule has 0 atom stereocenters. The van der Waals surface area contributed by atoms with E-state index >= 15 is 0 Å². The molecule has 0 amide bonds. The van der Waals surface area contributed by atoms with E-state index in [1.807, 2.05) is 0 Å². The van der Waals surface area contributed by atoms with Gasteiger partial charge in [-0.1, -0.05) is 0 Å². The lowest BCUT2D eigenvalue weighted by Gasteiger charge is -2.56. The summed E-state index contributed by atoms with van der Waals surface area (Å²) in [6.45, 7) is 0.466. The van der Waals surface area contributed by atoms with E-state index in [1.54, 1.807) is 6.20 Å². The normalized spacial score (nSPS) is 41.5. The highest BCUT2D eigenvalue weighted by atomic mass is 16.4. The van der Waals surface area contributed by atoms with Crippen LogP contribution in [0, 0.1) is 23.2 Å². The summed E-state index contributed by atoms with van der Waals surface area (Å²) < 4.78 is 5.74. The summed E-state index contributed by atoms with van der Waals surface area (Å²) in [5.74, 6) is 4.76. The van der Waals surface area contributed by atoms with Crippen LogP contribution in [0.25, 0.3) is 0 Å². The Balaban J connectivity index is 1.56. The average molecular weight is 246 g/mol. The molecule has 4 aliphatic carbocycles. The Morgan fingerprint density at radius 3 is 2.28 bits per heavy atom. The van der Waals surface area contributed by atoms with Gasteiger partial charge in [0, 0.05) is 6.42 Å². The molecule has 5 rings (SSSR count). The first kappa shape index (κ1) is 11.0.